The molecular formula is C33H40N4O7. The average Bonchev–Trinajstić information content (AvgIpc) is 3.00. The quantitative estimate of drug-likeness (QED) is 0.210. The summed E-state index contributed by atoms with van der Waals surface area (Å²) in [6.45, 7) is 6.32. The second kappa shape index (κ2) is 16.6. The van der Waals surface area contributed by atoms with Crippen LogP contribution < -0.4 is 10.6 Å². The van der Waals surface area contributed by atoms with Crippen LogP contribution in [0.3, 0.4) is 0 Å². The first-order valence-electron chi connectivity index (χ1n) is 14.4. The van der Waals surface area contributed by atoms with Gasteiger partial charge >= 0.3 is 18.2 Å². The summed E-state index contributed by atoms with van der Waals surface area (Å²) in [7, 11) is 0. The number of carbonyl (C=O) groups excluding carboxylic acids is 3. The second-order valence-electron chi connectivity index (χ2n) is 11.2. The average molecular weight is 605 g/mol. The highest BCUT2D eigenvalue weighted by Gasteiger charge is 2.24. The minimum atomic E-state index is -1.15. The number of amides is 3. The summed E-state index contributed by atoms with van der Waals surface area (Å²) in [6, 6.07) is 20.1. The van der Waals surface area contributed by atoms with E-state index in [1.165, 1.54) is 0 Å². The third-order valence-corrected chi connectivity index (χ3v) is 6.37. The minimum Gasteiger partial charge on any atom is -0.480 e. The molecule has 1 aromatic heterocycles. The highest BCUT2D eigenvalue weighted by molar-refractivity contribution is 5.96. The number of pyridine rings is 1. The maximum Gasteiger partial charge on any atom is 0.410 e. The number of rotatable bonds is 14. The van der Waals surface area contributed by atoms with Crippen LogP contribution in [-0.4, -0.2) is 57.2 Å². The molecule has 0 aliphatic carbocycles. The predicted molar refractivity (Wildman–Crippen MR) is 164 cm³/mol. The SMILES string of the molecule is CC(C)(C)OC(=O)N(CCCC[C@H](NC(=O)c1ccc(CNC(=O)OCc2ccccc2)cc1)C(=O)O)Cc1ccccn1. The number of benzene rings is 2. The Kier molecular flexibility index (Phi) is 12.7. The first kappa shape index (κ1) is 33.6. The van der Waals surface area contributed by atoms with Gasteiger partial charge in [-0.2, -0.15) is 0 Å². The number of alkyl carbamates (subject to hydrolysis) is 1. The van der Waals surface area contributed by atoms with Crippen molar-refractivity contribution in [3.8, 4) is 0 Å². The molecule has 11 heteroatoms. The van der Waals surface area contributed by atoms with Crippen molar-refractivity contribution in [3.05, 3.63) is 101 Å². The molecule has 0 unspecified atom stereocenters. The monoisotopic (exact) mass is 604 g/mol. The molecule has 0 radical (unpaired) electrons. The van der Waals surface area contributed by atoms with Crippen LogP contribution in [0.1, 0.15) is 67.2 Å². The predicted octanol–water partition coefficient (Wildman–Crippen LogP) is 5.30. The minimum absolute atomic E-state index is 0.156. The van der Waals surface area contributed by atoms with Gasteiger partial charge in [-0.1, -0.05) is 48.5 Å². The van der Waals surface area contributed by atoms with E-state index in [0.717, 1.165) is 11.1 Å². The van der Waals surface area contributed by atoms with Crippen LogP contribution in [0.25, 0.3) is 0 Å². The topological polar surface area (TPSA) is 147 Å². The molecule has 2 aromatic carbocycles. The number of carbonyl (C=O) groups is 4. The molecule has 44 heavy (non-hydrogen) atoms. The molecule has 3 aromatic rings. The Hall–Kier alpha value is -4.93. The lowest BCUT2D eigenvalue weighted by Gasteiger charge is -2.27. The highest BCUT2D eigenvalue weighted by Crippen LogP contribution is 2.14. The van der Waals surface area contributed by atoms with Crippen LogP contribution in [0.2, 0.25) is 0 Å². The third-order valence-electron chi connectivity index (χ3n) is 6.37. The van der Waals surface area contributed by atoms with E-state index < -0.39 is 35.7 Å². The molecule has 0 saturated carbocycles. The lowest BCUT2D eigenvalue weighted by molar-refractivity contribution is -0.139. The number of nitrogens with one attached hydrogen (secondary N) is 2. The summed E-state index contributed by atoms with van der Waals surface area (Å²) in [5, 5.41) is 14.9. The van der Waals surface area contributed by atoms with Gasteiger partial charge < -0.3 is 30.1 Å². The van der Waals surface area contributed by atoms with E-state index in [-0.39, 0.29) is 31.7 Å². The smallest absolute Gasteiger partial charge is 0.410 e. The summed E-state index contributed by atoms with van der Waals surface area (Å²) in [4.78, 5) is 55.3. The number of carboxylic acids is 1. The molecule has 3 amide bonds. The number of aromatic nitrogens is 1. The lowest BCUT2D eigenvalue weighted by atomic mass is 10.1. The zero-order valence-corrected chi connectivity index (χ0v) is 25.3. The van der Waals surface area contributed by atoms with Gasteiger partial charge in [0.25, 0.3) is 5.91 Å². The van der Waals surface area contributed by atoms with Gasteiger partial charge in [0.2, 0.25) is 0 Å². The Morgan fingerprint density at radius 1 is 0.909 bits per heavy atom. The zero-order chi connectivity index (χ0) is 32.0. The van der Waals surface area contributed by atoms with Crippen molar-refractivity contribution in [2.75, 3.05) is 6.54 Å². The zero-order valence-electron chi connectivity index (χ0n) is 25.3. The van der Waals surface area contributed by atoms with Crippen molar-refractivity contribution in [1.29, 1.82) is 0 Å². The molecule has 0 aliphatic heterocycles. The first-order chi connectivity index (χ1) is 21.0. The fraction of sp³-hybridized carbons (Fsp3) is 0.364. The molecule has 11 nitrogen and oxygen atoms in total. The maximum absolute atomic E-state index is 12.8. The van der Waals surface area contributed by atoms with E-state index >= 15 is 0 Å². The van der Waals surface area contributed by atoms with Crippen molar-refractivity contribution in [2.24, 2.45) is 0 Å². The number of carboxylic acid groups (broad SMARTS) is 1. The Bertz CT molecular complexity index is 1360. The normalized spacial score (nSPS) is 11.6. The van der Waals surface area contributed by atoms with Gasteiger partial charge in [0.1, 0.15) is 18.2 Å². The molecule has 0 fully saturated rings. The maximum atomic E-state index is 12.8. The fourth-order valence-electron chi connectivity index (χ4n) is 4.12. The molecule has 3 rings (SSSR count). The van der Waals surface area contributed by atoms with Gasteiger partial charge in [0.05, 0.1) is 12.2 Å². The summed E-state index contributed by atoms with van der Waals surface area (Å²) in [6.07, 6.45) is 1.74. The van der Waals surface area contributed by atoms with Crippen LogP contribution in [-0.2, 0) is 34.0 Å². The Morgan fingerprint density at radius 2 is 1.61 bits per heavy atom. The number of ether oxygens (including phenoxy) is 2. The molecule has 234 valence electrons. The first-order valence-corrected chi connectivity index (χ1v) is 14.4. The van der Waals surface area contributed by atoms with E-state index in [1.54, 1.807) is 62.2 Å². The molecular weight excluding hydrogens is 564 g/mol. The molecule has 0 bridgehead atoms. The van der Waals surface area contributed by atoms with Crippen LogP contribution >= 0.6 is 0 Å². The summed E-state index contributed by atoms with van der Waals surface area (Å²) in [5.41, 5.74) is 1.95. The Labute approximate surface area is 257 Å². The lowest BCUT2D eigenvalue weighted by Crippen LogP contribution is -2.41. The van der Waals surface area contributed by atoms with Gasteiger partial charge in [-0.25, -0.2) is 14.4 Å². The van der Waals surface area contributed by atoms with Gasteiger partial charge in [-0.05, 0) is 75.4 Å². The number of unbranched alkanes of at least 4 members (excludes halogenated alkanes) is 1. The molecule has 3 N–H and O–H groups in total. The molecule has 0 spiro atoms. The van der Waals surface area contributed by atoms with E-state index in [4.69, 9.17) is 9.47 Å². The van der Waals surface area contributed by atoms with Crippen molar-refractivity contribution in [2.45, 2.75) is 71.4 Å². The van der Waals surface area contributed by atoms with Gasteiger partial charge in [0.15, 0.2) is 0 Å². The largest absolute Gasteiger partial charge is 0.480 e. The van der Waals surface area contributed by atoms with Crippen LogP contribution in [0.4, 0.5) is 9.59 Å². The molecule has 0 saturated heterocycles. The Morgan fingerprint density at radius 3 is 2.25 bits per heavy atom. The van der Waals surface area contributed by atoms with E-state index in [0.29, 0.717) is 25.1 Å². The number of hydrogen-bond donors (Lipinski definition) is 3. The standard InChI is InChI=1S/C33H40N4O7/c1-33(2,3)44-32(42)37(22-27-13-7-9-19-34-27)20-10-8-14-28(30(39)40)36-29(38)26-17-15-24(16-18-26)21-35-31(41)43-23-25-11-5-4-6-12-25/h4-7,9,11-13,15-19,28H,8,10,14,20-23H2,1-3H3,(H,35,41)(H,36,38)(H,39,40)/t28-/m0/s1. The third kappa shape index (κ3) is 12.1. The number of aliphatic carboxylic acids is 1. The summed E-state index contributed by atoms with van der Waals surface area (Å²) in [5.74, 6) is -1.67. The molecule has 1 atom stereocenters. The van der Waals surface area contributed by atoms with Crippen LogP contribution in [0, 0.1) is 0 Å². The Balaban J connectivity index is 1.46. The van der Waals surface area contributed by atoms with E-state index in [9.17, 15) is 24.3 Å². The van der Waals surface area contributed by atoms with Crippen LogP contribution in [0.5, 0.6) is 0 Å². The van der Waals surface area contributed by atoms with Crippen molar-refractivity contribution < 1.29 is 33.8 Å². The second-order valence-corrected chi connectivity index (χ2v) is 11.2. The van der Waals surface area contributed by atoms with Crippen molar-refractivity contribution in [1.82, 2.24) is 20.5 Å². The van der Waals surface area contributed by atoms with Gasteiger partial charge in [-0.15, -0.1) is 0 Å². The van der Waals surface area contributed by atoms with Crippen molar-refractivity contribution >= 4 is 24.1 Å². The summed E-state index contributed by atoms with van der Waals surface area (Å²) >= 11 is 0. The number of nitrogens with zero attached hydrogens (tertiary/aromatic N) is 2. The van der Waals surface area contributed by atoms with Crippen molar-refractivity contribution in [3.63, 3.8) is 0 Å². The van der Waals surface area contributed by atoms with Crippen LogP contribution in [0.15, 0.2) is 79.0 Å². The van der Waals surface area contributed by atoms with Gasteiger partial charge in [-0.3, -0.25) is 9.78 Å². The highest BCUT2D eigenvalue weighted by atomic mass is 16.6. The van der Waals surface area contributed by atoms with E-state index in [2.05, 4.69) is 15.6 Å². The fourth-order valence-corrected chi connectivity index (χ4v) is 4.12. The number of hydrogen-bond acceptors (Lipinski definition) is 7. The summed E-state index contributed by atoms with van der Waals surface area (Å²) < 4.78 is 10.7. The van der Waals surface area contributed by atoms with Gasteiger partial charge in [0, 0.05) is 24.8 Å². The molecule has 0 aliphatic rings. The molecule has 1 heterocycles. The van der Waals surface area contributed by atoms with E-state index in [1.807, 2.05) is 42.5 Å².